The molecule has 0 fully saturated rings. The molecule has 70 heavy (non-hydrogen) atoms. The number of fused-ring (bicyclic) bond motifs is 9. The van der Waals surface area contributed by atoms with E-state index in [1.54, 1.807) is 0 Å². The van der Waals surface area contributed by atoms with Crippen LogP contribution < -0.4 is 0 Å². The number of furan rings is 2. The summed E-state index contributed by atoms with van der Waals surface area (Å²) in [5.41, 5.74) is 17.7. The maximum atomic E-state index is 6.60. The molecule has 4 aromatic heterocycles. The van der Waals surface area contributed by atoms with E-state index >= 15 is 0 Å². The van der Waals surface area contributed by atoms with E-state index in [0.29, 0.717) is 5.82 Å². The number of benzene rings is 10. The normalized spacial score (nSPS) is 11.7. The monoisotopic (exact) mass is 893 g/mol. The minimum Gasteiger partial charge on any atom is -0.456 e. The highest BCUT2D eigenvalue weighted by molar-refractivity contribution is 6.27. The molecule has 10 aromatic carbocycles. The number of rotatable bonds is 7. The molecule has 326 valence electrons. The van der Waals surface area contributed by atoms with Crippen LogP contribution >= 0.6 is 0 Å². The van der Waals surface area contributed by atoms with Gasteiger partial charge in [0, 0.05) is 71.1 Å². The molecule has 5 nitrogen and oxygen atoms in total. The lowest BCUT2D eigenvalue weighted by Gasteiger charge is -2.16. The van der Waals surface area contributed by atoms with Crippen molar-refractivity contribution in [2.75, 3.05) is 0 Å². The zero-order valence-corrected chi connectivity index (χ0v) is 37.7. The Balaban J connectivity index is 0.824. The molecule has 0 aliphatic carbocycles. The Morgan fingerprint density at radius 2 is 0.814 bits per heavy atom. The second-order valence-electron chi connectivity index (χ2n) is 17.8. The summed E-state index contributed by atoms with van der Waals surface area (Å²) >= 11 is 0. The first-order valence-electron chi connectivity index (χ1n) is 23.6. The molecule has 4 heterocycles. The fourth-order valence-corrected chi connectivity index (χ4v) is 10.3. The van der Waals surface area contributed by atoms with Gasteiger partial charge in [-0.05, 0) is 52.6 Å². The van der Waals surface area contributed by atoms with Crippen molar-refractivity contribution in [3.63, 3.8) is 0 Å². The summed E-state index contributed by atoms with van der Waals surface area (Å²) in [6.45, 7) is 0. The van der Waals surface area contributed by atoms with Gasteiger partial charge in [0.15, 0.2) is 5.82 Å². The lowest BCUT2D eigenvalue weighted by atomic mass is 9.89. The maximum Gasteiger partial charge on any atom is 0.160 e. The van der Waals surface area contributed by atoms with E-state index < -0.39 is 0 Å². The van der Waals surface area contributed by atoms with Gasteiger partial charge in [0.05, 0.1) is 22.6 Å². The number of nitrogens with zero attached hydrogens (tertiary/aromatic N) is 3. The summed E-state index contributed by atoms with van der Waals surface area (Å²) < 4.78 is 13.0. The van der Waals surface area contributed by atoms with Crippen molar-refractivity contribution in [1.82, 2.24) is 15.0 Å². The van der Waals surface area contributed by atoms with Crippen molar-refractivity contribution in [3.8, 4) is 78.5 Å². The highest BCUT2D eigenvalue weighted by Crippen LogP contribution is 2.46. The van der Waals surface area contributed by atoms with E-state index in [9.17, 15) is 0 Å². The fourth-order valence-electron chi connectivity index (χ4n) is 10.3. The molecule has 0 spiro atoms. The summed E-state index contributed by atoms with van der Waals surface area (Å²) in [6.07, 6.45) is 0. The second-order valence-corrected chi connectivity index (χ2v) is 17.8. The van der Waals surface area contributed by atoms with Crippen molar-refractivity contribution in [1.29, 1.82) is 0 Å². The maximum absolute atomic E-state index is 6.60. The van der Waals surface area contributed by atoms with Crippen LogP contribution in [0, 0.1) is 0 Å². The zero-order valence-electron chi connectivity index (χ0n) is 37.7. The van der Waals surface area contributed by atoms with Gasteiger partial charge in [0.1, 0.15) is 22.3 Å². The van der Waals surface area contributed by atoms with Crippen molar-refractivity contribution in [3.05, 3.63) is 237 Å². The van der Waals surface area contributed by atoms with Crippen LogP contribution in [0.2, 0.25) is 0 Å². The molecule has 14 aromatic rings. The van der Waals surface area contributed by atoms with Crippen LogP contribution in [0.4, 0.5) is 0 Å². The molecular formula is C65H39N3O2. The number of para-hydroxylation sites is 4. The molecular weight excluding hydrogens is 855 g/mol. The Morgan fingerprint density at radius 3 is 1.53 bits per heavy atom. The standard InChI is InChI=1S/C65H39N3O2/c1-3-14-43(15-4-1)55-39-56(68-65(67-55)47-36-30-42(31-37-47)48-21-13-22-50-49-18-8-11-24-57(49)70-64(48)50)44-32-26-40(27-33-44)41-28-34-46(35-29-41)63-53-38-59-62(52-20-9-12-25-58(52)69-59)60(45-16-5-2-6-17-45)61(53)51-19-7-10-23-54(51)66-63/h1-39H. The average molecular weight is 894 g/mol. The van der Waals surface area contributed by atoms with Crippen LogP contribution in [0.1, 0.15) is 0 Å². The van der Waals surface area contributed by atoms with Gasteiger partial charge in [-0.15, -0.1) is 0 Å². The van der Waals surface area contributed by atoms with Crippen molar-refractivity contribution < 1.29 is 8.83 Å². The van der Waals surface area contributed by atoms with E-state index in [1.165, 1.54) is 5.39 Å². The van der Waals surface area contributed by atoms with Crippen molar-refractivity contribution in [2.24, 2.45) is 0 Å². The van der Waals surface area contributed by atoms with E-state index in [2.05, 4.69) is 200 Å². The smallest absolute Gasteiger partial charge is 0.160 e. The fraction of sp³-hybridized carbons (Fsp3) is 0. The molecule has 0 aliphatic heterocycles. The topological polar surface area (TPSA) is 65.0 Å². The van der Waals surface area contributed by atoms with Gasteiger partial charge in [-0.3, -0.25) is 0 Å². The van der Waals surface area contributed by atoms with Gasteiger partial charge in [-0.1, -0.05) is 206 Å². The first kappa shape index (κ1) is 39.7. The highest BCUT2D eigenvalue weighted by atomic mass is 16.3. The Hall–Kier alpha value is -9.45. The predicted molar refractivity (Wildman–Crippen MR) is 287 cm³/mol. The molecule has 0 saturated carbocycles. The molecule has 0 aliphatic rings. The third kappa shape index (κ3) is 6.59. The Morgan fingerprint density at radius 1 is 0.286 bits per heavy atom. The van der Waals surface area contributed by atoms with Gasteiger partial charge in [-0.25, -0.2) is 15.0 Å². The van der Waals surface area contributed by atoms with Crippen LogP contribution in [-0.4, -0.2) is 15.0 Å². The predicted octanol–water partition coefficient (Wildman–Crippen LogP) is 17.6. The van der Waals surface area contributed by atoms with Gasteiger partial charge in [-0.2, -0.15) is 0 Å². The van der Waals surface area contributed by atoms with E-state index in [4.69, 9.17) is 23.8 Å². The minimum atomic E-state index is 0.663. The first-order valence-corrected chi connectivity index (χ1v) is 23.6. The number of hydrogen-bond donors (Lipinski definition) is 0. The molecule has 5 heteroatoms. The van der Waals surface area contributed by atoms with Crippen LogP contribution in [0.15, 0.2) is 245 Å². The largest absolute Gasteiger partial charge is 0.456 e. The molecule has 0 radical (unpaired) electrons. The number of pyridine rings is 1. The number of aromatic nitrogens is 3. The Labute approximate surface area is 402 Å². The van der Waals surface area contributed by atoms with Crippen molar-refractivity contribution >= 4 is 65.6 Å². The first-order chi connectivity index (χ1) is 34.7. The highest BCUT2D eigenvalue weighted by Gasteiger charge is 2.22. The molecule has 0 N–H and O–H groups in total. The SMILES string of the molecule is c1ccc(-c2cc(-c3ccc(-c4ccc(-c5nc6ccccc6c6c(-c7ccccc7)c7c(cc56)oc5ccccc57)cc4)cc3)nc(-c3ccc(-c4cccc5c4oc4ccccc45)cc3)n2)cc1. The third-order valence-electron chi connectivity index (χ3n) is 13.7. The van der Waals surface area contributed by atoms with Gasteiger partial charge in [0.2, 0.25) is 0 Å². The van der Waals surface area contributed by atoms with Crippen LogP contribution in [0.25, 0.3) is 144 Å². The molecule has 0 amide bonds. The molecule has 0 bridgehead atoms. The zero-order chi connectivity index (χ0) is 46.1. The summed E-state index contributed by atoms with van der Waals surface area (Å²) in [5.74, 6) is 0.663. The summed E-state index contributed by atoms with van der Waals surface area (Å²) in [4.78, 5) is 15.7. The van der Waals surface area contributed by atoms with Gasteiger partial charge < -0.3 is 8.83 Å². The van der Waals surface area contributed by atoms with Gasteiger partial charge in [0.25, 0.3) is 0 Å². The summed E-state index contributed by atoms with van der Waals surface area (Å²) in [7, 11) is 0. The molecule has 0 saturated heterocycles. The average Bonchev–Trinajstić information content (AvgIpc) is 4.01. The van der Waals surface area contributed by atoms with E-state index in [1.807, 2.05) is 36.4 Å². The van der Waals surface area contributed by atoms with Crippen molar-refractivity contribution in [2.45, 2.75) is 0 Å². The van der Waals surface area contributed by atoms with Gasteiger partial charge >= 0.3 is 0 Å². The Bertz CT molecular complexity index is 4310. The third-order valence-corrected chi connectivity index (χ3v) is 13.7. The second kappa shape index (κ2) is 16.1. The minimum absolute atomic E-state index is 0.663. The van der Waals surface area contributed by atoms with Crippen LogP contribution in [0.5, 0.6) is 0 Å². The van der Waals surface area contributed by atoms with E-state index in [-0.39, 0.29) is 0 Å². The lowest BCUT2D eigenvalue weighted by Crippen LogP contribution is -1.96. The van der Waals surface area contributed by atoms with Crippen LogP contribution in [-0.2, 0) is 0 Å². The van der Waals surface area contributed by atoms with Crippen LogP contribution in [0.3, 0.4) is 0 Å². The molecule has 0 unspecified atom stereocenters. The number of hydrogen-bond acceptors (Lipinski definition) is 5. The molecule has 14 rings (SSSR count). The molecule has 0 atom stereocenters. The summed E-state index contributed by atoms with van der Waals surface area (Å²) in [6, 6.07) is 82.5. The lowest BCUT2D eigenvalue weighted by molar-refractivity contribution is 0.669. The van der Waals surface area contributed by atoms with E-state index in [0.717, 1.165) is 133 Å². The quantitative estimate of drug-likeness (QED) is 0.149. The summed E-state index contributed by atoms with van der Waals surface area (Å²) in [5, 5.41) is 7.79. The Kier molecular flexibility index (Phi) is 9.14.